The lowest BCUT2D eigenvalue weighted by Gasteiger charge is -2.15. The highest BCUT2D eigenvalue weighted by Crippen LogP contribution is 2.28. The van der Waals surface area contributed by atoms with Gasteiger partial charge in [-0.1, -0.05) is 42.0 Å². The van der Waals surface area contributed by atoms with Crippen LogP contribution in [0.2, 0.25) is 0 Å². The molecule has 0 fully saturated rings. The first-order valence-electron chi connectivity index (χ1n) is 10.1. The first kappa shape index (κ1) is 22.0. The van der Waals surface area contributed by atoms with Gasteiger partial charge in [0.05, 0.1) is 16.8 Å². The number of ether oxygens (including phenoxy) is 1. The average molecular weight is 419 g/mol. The SMILES string of the molecule is CCNC(=O)NC(=O)C(C)OC(=O)c1cc(-c2ccc(C)cc2C)nc2ccccc12. The Balaban J connectivity index is 1.94. The number of nitrogens with zero attached hydrogens (tertiary/aromatic N) is 1. The van der Waals surface area contributed by atoms with Gasteiger partial charge in [0.25, 0.3) is 5.91 Å². The monoisotopic (exact) mass is 419 g/mol. The van der Waals surface area contributed by atoms with Crippen molar-refractivity contribution in [3.8, 4) is 11.3 Å². The van der Waals surface area contributed by atoms with Crippen LogP contribution >= 0.6 is 0 Å². The summed E-state index contributed by atoms with van der Waals surface area (Å²) in [6.07, 6.45) is -1.15. The van der Waals surface area contributed by atoms with Crippen LogP contribution in [-0.2, 0) is 9.53 Å². The topological polar surface area (TPSA) is 97.4 Å². The second-order valence-corrected chi connectivity index (χ2v) is 7.29. The first-order valence-corrected chi connectivity index (χ1v) is 10.1. The molecule has 1 aromatic heterocycles. The molecule has 31 heavy (non-hydrogen) atoms. The number of hydrogen-bond acceptors (Lipinski definition) is 5. The third-order valence-electron chi connectivity index (χ3n) is 4.82. The van der Waals surface area contributed by atoms with Crippen molar-refractivity contribution in [3.05, 3.63) is 65.2 Å². The number of urea groups is 1. The Kier molecular flexibility index (Phi) is 6.65. The molecule has 3 aromatic rings. The summed E-state index contributed by atoms with van der Waals surface area (Å²) in [6.45, 7) is 7.53. The number of nitrogens with one attached hydrogen (secondary N) is 2. The quantitative estimate of drug-likeness (QED) is 0.611. The minimum atomic E-state index is -1.15. The summed E-state index contributed by atoms with van der Waals surface area (Å²) in [4.78, 5) is 41.4. The van der Waals surface area contributed by atoms with Crippen LogP contribution < -0.4 is 10.6 Å². The molecule has 7 heteroatoms. The van der Waals surface area contributed by atoms with Crippen molar-refractivity contribution >= 4 is 28.8 Å². The minimum absolute atomic E-state index is 0.304. The predicted octanol–water partition coefficient (Wildman–Crippen LogP) is 3.91. The normalized spacial score (nSPS) is 11.6. The van der Waals surface area contributed by atoms with E-state index >= 15 is 0 Å². The molecule has 1 atom stereocenters. The van der Waals surface area contributed by atoms with Crippen molar-refractivity contribution in [2.24, 2.45) is 0 Å². The number of carbonyl (C=O) groups excluding carboxylic acids is 3. The van der Waals surface area contributed by atoms with Gasteiger partial charge in [0.1, 0.15) is 0 Å². The molecule has 3 amide bonds. The van der Waals surface area contributed by atoms with Crippen molar-refractivity contribution in [1.82, 2.24) is 15.6 Å². The zero-order valence-electron chi connectivity index (χ0n) is 18.0. The van der Waals surface area contributed by atoms with E-state index in [4.69, 9.17) is 9.72 Å². The van der Waals surface area contributed by atoms with Crippen molar-refractivity contribution in [2.75, 3.05) is 6.54 Å². The van der Waals surface area contributed by atoms with Gasteiger partial charge in [-0.2, -0.15) is 0 Å². The van der Waals surface area contributed by atoms with Gasteiger partial charge in [-0.05, 0) is 45.4 Å². The van der Waals surface area contributed by atoms with Crippen LogP contribution in [0, 0.1) is 13.8 Å². The van der Waals surface area contributed by atoms with Crippen molar-refractivity contribution in [1.29, 1.82) is 0 Å². The van der Waals surface area contributed by atoms with E-state index in [1.807, 2.05) is 44.2 Å². The Morgan fingerprint density at radius 1 is 1.06 bits per heavy atom. The maximum Gasteiger partial charge on any atom is 0.339 e. The number of aromatic nitrogens is 1. The second-order valence-electron chi connectivity index (χ2n) is 7.29. The Labute approximate surface area is 180 Å². The molecule has 2 aromatic carbocycles. The molecule has 0 radical (unpaired) electrons. The summed E-state index contributed by atoms with van der Waals surface area (Å²) in [5.41, 5.74) is 4.67. The van der Waals surface area contributed by atoms with E-state index in [-0.39, 0.29) is 0 Å². The molecular formula is C24H25N3O4. The maximum atomic E-state index is 13.0. The van der Waals surface area contributed by atoms with Crippen LogP contribution in [0.1, 0.15) is 35.3 Å². The number of hydrogen-bond donors (Lipinski definition) is 2. The molecule has 7 nitrogen and oxygen atoms in total. The number of esters is 1. The van der Waals surface area contributed by atoms with Gasteiger partial charge in [0.2, 0.25) is 0 Å². The van der Waals surface area contributed by atoms with E-state index in [0.29, 0.717) is 28.7 Å². The minimum Gasteiger partial charge on any atom is -0.449 e. The van der Waals surface area contributed by atoms with E-state index < -0.39 is 24.0 Å². The number of carbonyl (C=O) groups is 3. The number of para-hydroxylation sites is 1. The van der Waals surface area contributed by atoms with Gasteiger partial charge in [-0.3, -0.25) is 10.1 Å². The summed E-state index contributed by atoms with van der Waals surface area (Å²) in [7, 11) is 0. The highest BCUT2D eigenvalue weighted by atomic mass is 16.5. The number of imide groups is 1. The lowest BCUT2D eigenvalue weighted by Crippen LogP contribution is -2.44. The van der Waals surface area contributed by atoms with E-state index in [1.165, 1.54) is 6.92 Å². The zero-order valence-corrected chi connectivity index (χ0v) is 18.0. The Hall–Kier alpha value is -3.74. The Morgan fingerprint density at radius 3 is 2.52 bits per heavy atom. The lowest BCUT2D eigenvalue weighted by atomic mass is 9.99. The first-order chi connectivity index (χ1) is 14.8. The van der Waals surface area contributed by atoms with E-state index in [0.717, 1.165) is 16.7 Å². The third kappa shape index (κ3) is 5.06. The molecule has 0 aliphatic carbocycles. The van der Waals surface area contributed by atoms with Crippen LogP contribution in [0.5, 0.6) is 0 Å². The van der Waals surface area contributed by atoms with Gasteiger partial charge >= 0.3 is 12.0 Å². The zero-order chi connectivity index (χ0) is 22.5. The summed E-state index contributed by atoms with van der Waals surface area (Å²) in [6, 6.07) is 14.3. The van der Waals surface area contributed by atoms with Crippen molar-refractivity contribution in [2.45, 2.75) is 33.8 Å². The summed E-state index contributed by atoms with van der Waals surface area (Å²) >= 11 is 0. The average Bonchev–Trinajstić information content (AvgIpc) is 2.73. The van der Waals surface area contributed by atoms with Gasteiger partial charge in [0.15, 0.2) is 6.10 Å². The van der Waals surface area contributed by atoms with Crippen LogP contribution in [0.15, 0.2) is 48.5 Å². The molecular weight excluding hydrogens is 394 g/mol. The largest absolute Gasteiger partial charge is 0.449 e. The van der Waals surface area contributed by atoms with Crippen LogP contribution in [0.25, 0.3) is 22.2 Å². The third-order valence-corrected chi connectivity index (χ3v) is 4.82. The van der Waals surface area contributed by atoms with Crippen LogP contribution in [-0.4, -0.2) is 35.5 Å². The molecule has 0 saturated carbocycles. The number of amides is 3. The molecule has 160 valence electrons. The van der Waals surface area contributed by atoms with Gasteiger partial charge < -0.3 is 10.1 Å². The number of aryl methyl sites for hydroxylation is 2. The molecule has 1 unspecified atom stereocenters. The fourth-order valence-corrected chi connectivity index (χ4v) is 3.28. The molecule has 0 aliphatic heterocycles. The van der Waals surface area contributed by atoms with E-state index in [1.54, 1.807) is 19.1 Å². The lowest BCUT2D eigenvalue weighted by molar-refractivity contribution is -0.127. The molecule has 0 saturated heterocycles. The number of pyridine rings is 1. The van der Waals surface area contributed by atoms with Gasteiger partial charge in [-0.15, -0.1) is 0 Å². The van der Waals surface area contributed by atoms with Crippen LogP contribution in [0.4, 0.5) is 4.79 Å². The Morgan fingerprint density at radius 2 is 1.81 bits per heavy atom. The molecule has 0 aliphatic rings. The van der Waals surface area contributed by atoms with Crippen LogP contribution in [0.3, 0.4) is 0 Å². The molecule has 0 spiro atoms. The molecule has 2 N–H and O–H groups in total. The highest BCUT2D eigenvalue weighted by molar-refractivity contribution is 6.06. The maximum absolute atomic E-state index is 13.0. The second kappa shape index (κ2) is 9.38. The van der Waals surface area contributed by atoms with E-state index in [9.17, 15) is 14.4 Å². The van der Waals surface area contributed by atoms with Gasteiger partial charge in [0, 0.05) is 17.5 Å². The number of benzene rings is 2. The molecule has 1 heterocycles. The van der Waals surface area contributed by atoms with Gasteiger partial charge in [-0.25, -0.2) is 14.6 Å². The smallest absolute Gasteiger partial charge is 0.339 e. The molecule has 3 rings (SSSR count). The summed E-state index contributed by atoms with van der Waals surface area (Å²) < 4.78 is 5.37. The van der Waals surface area contributed by atoms with Crippen molar-refractivity contribution < 1.29 is 19.1 Å². The van der Waals surface area contributed by atoms with E-state index in [2.05, 4.69) is 16.7 Å². The fraction of sp³-hybridized carbons (Fsp3) is 0.250. The molecule has 0 bridgehead atoms. The number of rotatable bonds is 5. The predicted molar refractivity (Wildman–Crippen MR) is 119 cm³/mol. The van der Waals surface area contributed by atoms with Crippen molar-refractivity contribution in [3.63, 3.8) is 0 Å². The fourth-order valence-electron chi connectivity index (χ4n) is 3.28. The number of fused-ring (bicyclic) bond motifs is 1. The summed E-state index contributed by atoms with van der Waals surface area (Å²) in [5, 5.41) is 5.22. The Bertz CT molecular complexity index is 1160. The summed E-state index contributed by atoms with van der Waals surface area (Å²) in [5.74, 6) is -1.37. The highest BCUT2D eigenvalue weighted by Gasteiger charge is 2.23. The standard InChI is InChI=1S/C24H25N3O4/c1-5-25-24(30)27-22(28)16(4)31-23(29)19-13-21(17-11-10-14(2)12-15(17)3)26-20-9-7-6-8-18(19)20/h6-13,16H,5H2,1-4H3,(H2,25,27,28,30).